The molecule has 7 nitrogen and oxygen atoms in total. The van der Waals surface area contributed by atoms with Crippen LogP contribution in [0.25, 0.3) is 0 Å². The molecule has 0 unspecified atom stereocenters. The van der Waals surface area contributed by atoms with Crippen molar-refractivity contribution >= 4 is 5.97 Å². The van der Waals surface area contributed by atoms with Gasteiger partial charge in [-0.05, 0) is 50.7 Å². The summed E-state index contributed by atoms with van der Waals surface area (Å²) in [6.45, 7) is 7.19. The molecule has 0 aliphatic carbocycles. The number of esters is 1. The highest BCUT2D eigenvalue weighted by molar-refractivity contribution is 5.89. The quantitative estimate of drug-likeness (QED) is 0.702. The van der Waals surface area contributed by atoms with Crippen LogP contribution < -0.4 is 0 Å². The van der Waals surface area contributed by atoms with Gasteiger partial charge in [-0.2, -0.15) is 0 Å². The number of ether oxygens (including phenoxy) is 2. The Balaban J connectivity index is 1.28. The number of aliphatic hydroxyl groups excluding tert-OH is 1. The van der Waals surface area contributed by atoms with Crippen molar-refractivity contribution in [2.24, 2.45) is 11.8 Å². The van der Waals surface area contributed by atoms with E-state index < -0.39 is 0 Å². The Bertz CT molecular complexity index is 795. The van der Waals surface area contributed by atoms with E-state index in [2.05, 4.69) is 21.7 Å². The van der Waals surface area contributed by atoms with Crippen LogP contribution in [0, 0.1) is 11.8 Å². The number of rotatable bonds is 5. The number of hydrogen-bond donors (Lipinski definition) is 1. The molecule has 5 rings (SSSR count). The van der Waals surface area contributed by atoms with Crippen LogP contribution in [0.5, 0.6) is 0 Å². The van der Waals surface area contributed by atoms with Crippen molar-refractivity contribution in [2.75, 3.05) is 60.0 Å². The normalized spacial score (nSPS) is 34.7. The summed E-state index contributed by atoms with van der Waals surface area (Å²) in [5.41, 5.74) is 1.60. The van der Waals surface area contributed by atoms with Crippen LogP contribution in [0.3, 0.4) is 0 Å². The van der Waals surface area contributed by atoms with Crippen molar-refractivity contribution in [2.45, 2.75) is 37.1 Å². The Labute approximate surface area is 184 Å². The van der Waals surface area contributed by atoms with Gasteiger partial charge in [0, 0.05) is 57.2 Å². The van der Waals surface area contributed by atoms with Gasteiger partial charge in [-0.1, -0.05) is 12.1 Å². The summed E-state index contributed by atoms with van der Waals surface area (Å²) in [6, 6.07) is 8.33. The monoisotopic (exact) mass is 429 g/mol. The molecule has 1 spiro atoms. The summed E-state index contributed by atoms with van der Waals surface area (Å²) in [5.74, 6) is 0.304. The minimum atomic E-state index is -0.303. The van der Waals surface area contributed by atoms with Gasteiger partial charge in [0.05, 0.1) is 24.4 Å². The highest BCUT2D eigenvalue weighted by Gasteiger charge is 2.62. The van der Waals surface area contributed by atoms with E-state index in [1.54, 1.807) is 0 Å². The second-order valence-corrected chi connectivity index (χ2v) is 10.00. The molecule has 0 amide bonds. The van der Waals surface area contributed by atoms with Crippen LogP contribution in [-0.2, 0) is 16.0 Å². The molecule has 2 bridgehead atoms. The zero-order chi connectivity index (χ0) is 21.6. The molecule has 4 heterocycles. The standard InChI is InChI=1S/C24H35N3O4/c1-25-9-7-19(8-10-25)27-13-22-20(14-28)21-12-26(15-24(21,16-27)31-22)11-17-3-5-18(6-4-17)23(29)30-2/h3-6,19-22,28H,7-16H2,1-2H3/t20-,21+,22+,24-/m0/s1. The number of hydrogen-bond acceptors (Lipinski definition) is 7. The van der Waals surface area contributed by atoms with Crippen molar-refractivity contribution in [3.05, 3.63) is 35.4 Å². The fraction of sp³-hybridized carbons (Fsp3) is 0.708. The average Bonchev–Trinajstić information content (AvgIpc) is 3.20. The van der Waals surface area contributed by atoms with Crippen molar-refractivity contribution in [1.82, 2.24) is 14.7 Å². The molecule has 4 fully saturated rings. The first kappa shape index (κ1) is 21.3. The molecule has 31 heavy (non-hydrogen) atoms. The van der Waals surface area contributed by atoms with Crippen LogP contribution in [0.1, 0.15) is 28.8 Å². The fourth-order valence-electron chi connectivity index (χ4n) is 6.45. The zero-order valence-electron chi connectivity index (χ0n) is 18.7. The third-order valence-corrected chi connectivity index (χ3v) is 8.08. The zero-order valence-corrected chi connectivity index (χ0v) is 18.7. The summed E-state index contributed by atoms with van der Waals surface area (Å²) in [7, 11) is 3.62. The van der Waals surface area contributed by atoms with Crippen molar-refractivity contribution < 1.29 is 19.4 Å². The Kier molecular flexibility index (Phi) is 5.81. The Morgan fingerprint density at radius 3 is 2.61 bits per heavy atom. The molecule has 0 radical (unpaired) electrons. The lowest BCUT2D eigenvalue weighted by molar-refractivity contribution is -0.130. The fourth-order valence-corrected chi connectivity index (χ4v) is 6.45. The van der Waals surface area contributed by atoms with Gasteiger partial charge in [0.15, 0.2) is 0 Å². The second-order valence-electron chi connectivity index (χ2n) is 10.00. The smallest absolute Gasteiger partial charge is 0.337 e. The summed E-state index contributed by atoms with van der Waals surface area (Å²) in [6.07, 6.45) is 2.61. The molecule has 0 aromatic heterocycles. The minimum Gasteiger partial charge on any atom is -0.465 e. The van der Waals surface area contributed by atoms with E-state index in [0.717, 1.165) is 32.7 Å². The van der Waals surface area contributed by atoms with Gasteiger partial charge in [0.2, 0.25) is 0 Å². The van der Waals surface area contributed by atoms with Gasteiger partial charge in [-0.15, -0.1) is 0 Å². The molecule has 4 aliphatic rings. The lowest BCUT2D eigenvalue weighted by atomic mass is 9.83. The number of nitrogens with zero attached hydrogens (tertiary/aromatic N) is 3. The lowest BCUT2D eigenvalue weighted by Crippen LogP contribution is -2.58. The molecule has 1 aromatic carbocycles. The SMILES string of the molecule is COC(=O)c1ccc(CN2C[C@@H]3[C@H](CO)[C@H]4CN(C5CCN(C)CC5)C[C@]3(C2)O4)cc1. The first-order valence-electron chi connectivity index (χ1n) is 11.6. The largest absolute Gasteiger partial charge is 0.465 e. The molecular weight excluding hydrogens is 394 g/mol. The third-order valence-electron chi connectivity index (χ3n) is 8.08. The number of carbonyl (C=O) groups excluding carboxylic acids is 1. The average molecular weight is 430 g/mol. The van der Waals surface area contributed by atoms with Gasteiger partial charge in [0.25, 0.3) is 0 Å². The summed E-state index contributed by atoms with van der Waals surface area (Å²) in [5, 5.41) is 10.2. The van der Waals surface area contributed by atoms with Crippen LogP contribution in [0.4, 0.5) is 0 Å². The molecule has 1 aromatic rings. The number of carbonyl (C=O) groups is 1. The summed E-state index contributed by atoms with van der Waals surface area (Å²) < 4.78 is 11.5. The van der Waals surface area contributed by atoms with Gasteiger partial charge in [-0.25, -0.2) is 4.79 Å². The van der Waals surface area contributed by atoms with Gasteiger partial charge < -0.3 is 19.5 Å². The van der Waals surface area contributed by atoms with Crippen LogP contribution >= 0.6 is 0 Å². The highest BCUT2D eigenvalue weighted by atomic mass is 16.5. The van der Waals surface area contributed by atoms with E-state index in [1.807, 2.05) is 24.3 Å². The maximum atomic E-state index is 11.7. The van der Waals surface area contributed by atoms with Gasteiger partial charge in [-0.3, -0.25) is 9.80 Å². The number of morpholine rings is 1. The van der Waals surface area contributed by atoms with E-state index in [1.165, 1.54) is 38.6 Å². The summed E-state index contributed by atoms with van der Waals surface area (Å²) >= 11 is 0. The molecule has 0 saturated carbocycles. The molecule has 4 saturated heterocycles. The Morgan fingerprint density at radius 1 is 1.19 bits per heavy atom. The van der Waals surface area contributed by atoms with E-state index in [9.17, 15) is 9.90 Å². The molecule has 7 heteroatoms. The Hall–Kier alpha value is -1.51. The van der Waals surface area contributed by atoms with E-state index in [-0.39, 0.29) is 30.2 Å². The number of methoxy groups -OCH3 is 1. The first-order valence-corrected chi connectivity index (χ1v) is 11.6. The van der Waals surface area contributed by atoms with E-state index in [4.69, 9.17) is 9.47 Å². The minimum absolute atomic E-state index is 0.157. The van der Waals surface area contributed by atoms with Crippen LogP contribution in [0.15, 0.2) is 24.3 Å². The van der Waals surface area contributed by atoms with Crippen LogP contribution in [0.2, 0.25) is 0 Å². The number of likely N-dealkylation sites (tertiary alicyclic amines) is 3. The topological polar surface area (TPSA) is 65.5 Å². The van der Waals surface area contributed by atoms with Crippen LogP contribution in [-0.4, -0.2) is 104 Å². The van der Waals surface area contributed by atoms with Gasteiger partial charge in [0.1, 0.15) is 0 Å². The predicted molar refractivity (Wildman–Crippen MR) is 117 cm³/mol. The maximum absolute atomic E-state index is 11.7. The van der Waals surface area contributed by atoms with Crippen molar-refractivity contribution in [1.29, 1.82) is 0 Å². The Morgan fingerprint density at radius 2 is 1.94 bits per heavy atom. The van der Waals surface area contributed by atoms with Crippen molar-refractivity contribution in [3.8, 4) is 0 Å². The van der Waals surface area contributed by atoms with Gasteiger partial charge >= 0.3 is 5.97 Å². The van der Waals surface area contributed by atoms with Crippen molar-refractivity contribution in [3.63, 3.8) is 0 Å². The number of fused-ring (bicyclic) bond motifs is 1. The molecule has 4 aliphatic heterocycles. The molecule has 170 valence electrons. The molecule has 1 N–H and O–H groups in total. The second kappa shape index (κ2) is 8.45. The highest BCUT2D eigenvalue weighted by Crippen LogP contribution is 2.50. The predicted octanol–water partition coefficient (Wildman–Crippen LogP) is 1.06. The maximum Gasteiger partial charge on any atom is 0.337 e. The lowest BCUT2D eigenvalue weighted by Gasteiger charge is -2.46. The molecular formula is C24H35N3O4. The van der Waals surface area contributed by atoms with E-state index in [0.29, 0.717) is 17.5 Å². The summed E-state index contributed by atoms with van der Waals surface area (Å²) in [4.78, 5) is 19.3. The number of piperidine rings is 1. The van der Waals surface area contributed by atoms with E-state index >= 15 is 0 Å². The number of aliphatic hydroxyl groups is 1. The third kappa shape index (κ3) is 3.91. The molecule has 4 atom stereocenters. The number of benzene rings is 1. The first-order chi connectivity index (χ1) is 15.0.